The van der Waals surface area contributed by atoms with Gasteiger partial charge in [0.1, 0.15) is 0 Å². The van der Waals surface area contributed by atoms with E-state index in [-0.39, 0.29) is 0 Å². The van der Waals surface area contributed by atoms with Crippen molar-refractivity contribution in [2.24, 2.45) is 0 Å². The minimum atomic E-state index is 1.26. The predicted octanol–water partition coefficient (Wildman–Crippen LogP) is 9.69. The second kappa shape index (κ2) is 7.30. The van der Waals surface area contributed by atoms with E-state index in [2.05, 4.69) is 121 Å². The van der Waals surface area contributed by atoms with E-state index in [4.69, 9.17) is 0 Å². The van der Waals surface area contributed by atoms with E-state index in [0.717, 1.165) is 0 Å². The van der Waals surface area contributed by atoms with Gasteiger partial charge in [-0.1, -0.05) is 78.9 Å². The van der Waals surface area contributed by atoms with E-state index in [1.54, 1.807) is 0 Å². The Morgan fingerprint density at radius 2 is 0.909 bits per heavy atom. The Labute approximate surface area is 196 Å². The molecule has 7 rings (SSSR count). The Morgan fingerprint density at radius 3 is 1.67 bits per heavy atom. The Morgan fingerprint density at radius 1 is 0.333 bits per heavy atom. The highest BCUT2D eigenvalue weighted by molar-refractivity contribution is 7.25. The van der Waals surface area contributed by atoms with Crippen LogP contribution in [0.25, 0.3) is 64.0 Å². The summed E-state index contributed by atoms with van der Waals surface area (Å²) in [5, 5.41) is 7.81. The number of fused-ring (bicyclic) bond motifs is 5. The molecular weight excluding hydrogens is 416 g/mol. The van der Waals surface area contributed by atoms with Gasteiger partial charge in [-0.05, 0) is 86.3 Å². The summed E-state index contributed by atoms with van der Waals surface area (Å²) in [5.41, 5.74) is 5.05. The molecule has 0 radical (unpaired) electrons. The summed E-state index contributed by atoms with van der Waals surface area (Å²) >= 11 is 1.87. The maximum absolute atomic E-state index is 2.35. The molecule has 1 aromatic heterocycles. The quantitative estimate of drug-likeness (QED) is 0.237. The van der Waals surface area contributed by atoms with E-state index in [1.807, 2.05) is 11.3 Å². The molecule has 0 unspecified atom stereocenters. The highest BCUT2D eigenvalue weighted by Crippen LogP contribution is 2.37. The first-order chi connectivity index (χ1) is 16.3. The molecule has 0 aliphatic carbocycles. The van der Waals surface area contributed by atoms with Gasteiger partial charge in [0.25, 0.3) is 0 Å². The van der Waals surface area contributed by atoms with Gasteiger partial charge in [0.2, 0.25) is 0 Å². The Bertz CT molecular complexity index is 1810. The van der Waals surface area contributed by atoms with Crippen LogP contribution in [-0.4, -0.2) is 0 Å². The van der Waals surface area contributed by atoms with Crippen molar-refractivity contribution in [1.82, 2.24) is 0 Å². The summed E-state index contributed by atoms with van der Waals surface area (Å²) in [5.74, 6) is 0. The third kappa shape index (κ3) is 3.13. The van der Waals surface area contributed by atoms with Gasteiger partial charge < -0.3 is 0 Å². The molecule has 0 aliphatic rings. The molecule has 0 N–H and O–H groups in total. The standard InChI is InChI=1S/C32H20S/c1-2-6-21(7-3-1)22-10-12-24-19-28-17-23(11-13-25(28)18-27(24)16-22)26-14-15-32-30(20-26)29-8-4-5-9-31(29)33-32/h1-20H. The van der Waals surface area contributed by atoms with Crippen molar-refractivity contribution in [3.05, 3.63) is 121 Å². The van der Waals surface area contributed by atoms with Crippen molar-refractivity contribution >= 4 is 53.1 Å². The molecule has 0 atom stereocenters. The fraction of sp³-hybridized carbons (Fsp3) is 0. The first-order valence-electron chi connectivity index (χ1n) is 11.3. The average molecular weight is 437 g/mol. The fourth-order valence-electron chi connectivity index (χ4n) is 4.89. The third-order valence-electron chi connectivity index (χ3n) is 6.61. The van der Waals surface area contributed by atoms with Gasteiger partial charge in [0, 0.05) is 20.2 Å². The third-order valence-corrected chi connectivity index (χ3v) is 7.76. The molecule has 1 heterocycles. The summed E-state index contributed by atoms with van der Waals surface area (Å²) in [6.45, 7) is 0. The topological polar surface area (TPSA) is 0 Å². The van der Waals surface area contributed by atoms with E-state index in [1.165, 1.54) is 64.0 Å². The summed E-state index contributed by atoms with van der Waals surface area (Å²) in [6.07, 6.45) is 0. The van der Waals surface area contributed by atoms with Gasteiger partial charge >= 0.3 is 0 Å². The smallest absolute Gasteiger partial charge is 0.0355 e. The lowest BCUT2D eigenvalue weighted by molar-refractivity contribution is 1.65. The van der Waals surface area contributed by atoms with E-state index in [0.29, 0.717) is 0 Å². The highest BCUT2D eigenvalue weighted by atomic mass is 32.1. The van der Waals surface area contributed by atoms with Crippen molar-refractivity contribution in [1.29, 1.82) is 0 Å². The van der Waals surface area contributed by atoms with E-state index < -0.39 is 0 Å². The van der Waals surface area contributed by atoms with Gasteiger partial charge in [-0.3, -0.25) is 0 Å². The second-order valence-electron chi connectivity index (χ2n) is 8.65. The molecule has 0 bridgehead atoms. The highest BCUT2D eigenvalue weighted by Gasteiger charge is 2.08. The van der Waals surface area contributed by atoms with Crippen molar-refractivity contribution < 1.29 is 0 Å². The fourth-order valence-corrected chi connectivity index (χ4v) is 5.98. The first kappa shape index (κ1) is 18.6. The van der Waals surface area contributed by atoms with Crippen LogP contribution in [0, 0.1) is 0 Å². The zero-order chi connectivity index (χ0) is 21.8. The van der Waals surface area contributed by atoms with Crippen LogP contribution in [0.3, 0.4) is 0 Å². The maximum Gasteiger partial charge on any atom is 0.0355 e. The molecule has 154 valence electrons. The molecule has 0 spiro atoms. The van der Waals surface area contributed by atoms with Crippen LogP contribution < -0.4 is 0 Å². The molecule has 1 heteroatoms. The van der Waals surface area contributed by atoms with Crippen LogP contribution in [0.2, 0.25) is 0 Å². The number of rotatable bonds is 2. The van der Waals surface area contributed by atoms with Crippen LogP contribution in [0.5, 0.6) is 0 Å². The number of hydrogen-bond donors (Lipinski definition) is 0. The molecule has 0 aliphatic heterocycles. The van der Waals surface area contributed by atoms with Gasteiger partial charge in [-0.15, -0.1) is 11.3 Å². The summed E-state index contributed by atoms with van der Waals surface area (Å²) in [4.78, 5) is 0. The van der Waals surface area contributed by atoms with Crippen molar-refractivity contribution in [2.45, 2.75) is 0 Å². The molecule has 0 saturated heterocycles. The van der Waals surface area contributed by atoms with Crippen molar-refractivity contribution in [3.8, 4) is 22.3 Å². The Kier molecular flexibility index (Phi) is 4.12. The zero-order valence-electron chi connectivity index (χ0n) is 18.0. The van der Waals surface area contributed by atoms with Crippen LogP contribution in [-0.2, 0) is 0 Å². The molecular formula is C32H20S. The summed E-state index contributed by atoms with van der Waals surface area (Å²) in [7, 11) is 0. The lowest BCUT2D eigenvalue weighted by Crippen LogP contribution is -1.82. The second-order valence-corrected chi connectivity index (χ2v) is 9.74. The van der Waals surface area contributed by atoms with Crippen LogP contribution in [0.4, 0.5) is 0 Å². The maximum atomic E-state index is 2.35. The molecule has 0 amide bonds. The molecule has 7 aromatic rings. The molecule has 6 aromatic carbocycles. The molecule has 33 heavy (non-hydrogen) atoms. The average Bonchev–Trinajstić information content (AvgIpc) is 3.25. The first-order valence-corrected chi connectivity index (χ1v) is 12.1. The summed E-state index contributed by atoms with van der Waals surface area (Å²) < 4.78 is 2.70. The SMILES string of the molecule is c1ccc(-c2ccc3cc4cc(-c5ccc6sc7ccccc7c6c5)ccc4cc3c2)cc1. The minimum Gasteiger partial charge on any atom is -0.135 e. The lowest BCUT2D eigenvalue weighted by atomic mass is 9.96. The predicted molar refractivity (Wildman–Crippen MR) is 145 cm³/mol. The zero-order valence-corrected chi connectivity index (χ0v) is 18.8. The molecule has 0 fully saturated rings. The van der Waals surface area contributed by atoms with Crippen molar-refractivity contribution in [3.63, 3.8) is 0 Å². The van der Waals surface area contributed by atoms with Gasteiger partial charge in [0.15, 0.2) is 0 Å². The largest absolute Gasteiger partial charge is 0.135 e. The molecule has 0 saturated carbocycles. The van der Waals surface area contributed by atoms with Gasteiger partial charge in [-0.2, -0.15) is 0 Å². The van der Waals surface area contributed by atoms with Crippen molar-refractivity contribution in [2.75, 3.05) is 0 Å². The van der Waals surface area contributed by atoms with Crippen LogP contribution in [0.1, 0.15) is 0 Å². The lowest BCUT2D eigenvalue weighted by Gasteiger charge is -2.08. The van der Waals surface area contributed by atoms with E-state index in [9.17, 15) is 0 Å². The number of benzene rings is 6. The van der Waals surface area contributed by atoms with Gasteiger partial charge in [0.05, 0.1) is 0 Å². The van der Waals surface area contributed by atoms with Crippen LogP contribution >= 0.6 is 11.3 Å². The number of hydrogen-bond acceptors (Lipinski definition) is 1. The monoisotopic (exact) mass is 436 g/mol. The normalized spacial score (nSPS) is 11.6. The van der Waals surface area contributed by atoms with E-state index >= 15 is 0 Å². The molecule has 0 nitrogen and oxygen atoms in total. The Balaban J connectivity index is 1.35. The number of thiophene rings is 1. The van der Waals surface area contributed by atoms with Gasteiger partial charge in [-0.25, -0.2) is 0 Å². The van der Waals surface area contributed by atoms with Crippen LogP contribution in [0.15, 0.2) is 121 Å². The minimum absolute atomic E-state index is 1.26. The summed E-state index contributed by atoms with van der Waals surface area (Å²) in [6, 6.07) is 44.4. The Hall–Kier alpha value is -3.94.